The third-order valence-electron chi connectivity index (χ3n) is 7.15. The third kappa shape index (κ3) is 5.50. The van der Waals surface area contributed by atoms with Crippen LogP contribution in [0.25, 0.3) is 0 Å². The molecule has 8 nitrogen and oxygen atoms in total. The van der Waals surface area contributed by atoms with Gasteiger partial charge in [-0.1, -0.05) is 50.2 Å². The van der Waals surface area contributed by atoms with E-state index in [1.807, 2.05) is 38.1 Å². The van der Waals surface area contributed by atoms with Gasteiger partial charge in [-0.25, -0.2) is 4.39 Å². The van der Waals surface area contributed by atoms with Gasteiger partial charge in [0.15, 0.2) is 0 Å². The van der Waals surface area contributed by atoms with E-state index in [4.69, 9.17) is 0 Å². The molecule has 3 atom stereocenters. The average Bonchev–Trinajstić information content (AvgIpc) is 3.27. The zero-order valence-electron chi connectivity index (χ0n) is 21.2. The highest BCUT2D eigenvalue weighted by atomic mass is 19.1. The summed E-state index contributed by atoms with van der Waals surface area (Å²) in [7, 11) is 1.34. The second-order valence-electron chi connectivity index (χ2n) is 10.4. The molecule has 196 valence electrons. The van der Waals surface area contributed by atoms with Gasteiger partial charge < -0.3 is 20.2 Å². The fraction of sp³-hybridized carbons (Fsp3) is 0.429. The standard InChI is InChI=1S/C28H32FN3O5/c1-16(2)12-22-26(35)30-24(20-13-18-6-4-5-7-19(18)14-20)27(36)32(22)25(17-8-10-21(29)11-9-17)28(37)31(3)15-23(33)34/h4-11,16,20,22,24-25H,12-15H2,1-3H3,(H,30,35)(H,33,34)/t22-,24-,25-/m1/s1. The number of piperazine rings is 1. The van der Waals surface area contributed by atoms with Gasteiger partial charge in [-0.3, -0.25) is 19.2 Å². The van der Waals surface area contributed by atoms with Crippen LogP contribution in [0, 0.1) is 17.7 Å². The first-order valence-corrected chi connectivity index (χ1v) is 12.5. The van der Waals surface area contributed by atoms with E-state index in [2.05, 4.69) is 5.32 Å². The molecule has 2 aromatic carbocycles. The van der Waals surface area contributed by atoms with Gasteiger partial charge in [0.05, 0.1) is 0 Å². The normalized spacial score (nSPS) is 20.5. The van der Waals surface area contributed by atoms with E-state index in [1.165, 1.54) is 36.2 Å². The number of fused-ring (bicyclic) bond motifs is 1. The molecule has 0 saturated carbocycles. The summed E-state index contributed by atoms with van der Waals surface area (Å²) >= 11 is 0. The molecule has 0 bridgehead atoms. The van der Waals surface area contributed by atoms with Crippen LogP contribution in [-0.2, 0) is 32.0 Å². The molecule has 9 heteroatoms. The number of nitrogens with one attached hydrogen (secondary N) is 1. The van der Waals surface area contributed by atoms with Crippen molar-refractivity contribution >= 4 is 23.7 Å². The highest BCUT2D eigenvalue weighted by Crippen LogP contribution is 2.36. The van der Waals surface area contributed by atoms with Gasteiger partial charge in [0.2, 0.25) is 17.7 Å². The van der Waals surface area contributed by atoms with E-state index in [0.717, 1.165) is 16.0 Å². The maximum Gasteiger partial charge on any atom is 0.323 e. The molecule has 1 saturated heterocycles. The third-order valence-corrected chi connectivity index (χ3v) is 7.15. The minimum Gasteiger partial charge on any atom is -0.480 e. The van der Waals surface area contributed by atoms with E-state index in [-0.39, 0.29) is 17.7 Å². The number of halogens is 1. The summed E-state index contributed by atoms with van der Waals surface area (Å²) in [5, 5.41) is 12.2. The lowest BCUT2D eigenvalue weighted by Crippen LogP contribution is -2.67. The van der Waals surface area contributed by atoms with Gasteiger partial charge >= 0.3 is 5.97 Å². The first kappa shape index (κ1) is 26.3. The monoisotopic (exact) mass is 509 g/mol. The number of carboxylic acid groups (broad SMARTS) is 1. The predicted octanol–water partition coefficient (Wildman–Crippen LogP) is 2.57. The van der Waals surface area contributed by atoms with Crippen molar-refractivity contribution in [2.75, 3.05) is 13.6 Å². The van der Waals surface area contributed by atoms with Gasteiger partial charge in [0.25, 0.3) is 0 Å². The molecule has 1 fully saturated rings. The van der Waals surface area contributed by atoms with Crippen LogP contribution in [0.2, 0.25) is 0 Å². The van der Waals surface area contributed by atoms with Crippen LogP contribution in [0.15, 0.2) is 48.5 Å². The van der Waals surface area contributed by atoms with Crippen LogP contribution < -0.4 is 5.32 Å². The fourth-order valence-electron chi connectivity index (χ4n) is 5.43. The van der Waals surface area contributed by atoms with Crippen molar-refractivity contribution in [3.8, 4) is 0 Å². The van der Waals surface area contributed by atoms with Gasteiger partial charge in [-0.15, -0.1) is 0 Å². The Morgan fingerprint density at radius 1 is 1.08 bits per heavy atom. The van der Waals surface area contributed by atoms with E-state index in [0.29, 0.717) is 24.8 Å². The number of likely N-dealkylation sites (N-methyl/N-ethyl adjacent to an activating group) is 1. The van der Waals surface area contributed by atoms with E-state index in [1.54, 1.807) is 0 Å². The lowest BCUT2D eigenvalue weighted by molar-refractivity contribution is -0.160. The Bertz CT molecular complexity index is 1170. The Morgan fingerprint density at radius 3 is 2.22 bits per heavy atom. The van der Waals surface area contributed by atoms with Crippen LogP contribution >= 0.6 is 0 Å². The summed E-state index contributed by atoms with van der Waals surface area (Å²) in [6.07, 6.45) is 1.54. The average molecular weight is 510 g/mol. The Kier molecular flexibility index (Phi) is 7.61. The highest BCUT2D eigenvalue weighted by molar-refractivity contribution is 6.00. The number of rotatable bonds is 8. The fourth-order valence-corrected chi connectivity index (χ4v) is 5.43. The largest absolute Gasteiger partial charge is 0.480 e. The zero-order chi connectivity index (χ0) is 26.9. The SMILES string of the molecule is CC(C)C[C@@H]1C(=O)N[C@H](C2Cc3ccccc3C2)C(=O)N1[C@@H](C(=O)N(C)CC(=O)O)c1ccc(F)cc1. The number of aliphatic carboxylic acids is 1. The summed E-state index contributed by atoms with van der Waals surface area (Å²) in [6, 6.07) is 10.0. The molecule has 1 aliphatic heterocycles. The van der Waals surface area contributed by atoms with E-state index < -0.39 is 48.3 Å². The zero-order valence-corrected chi connectivity index (χ0v) is 21.2. The van der Waals surface area contributed by atoms with E-state index >= 15 is 0 Å². The molecule has 0 radical (unpaired) electrons. The molecule has 2 aliphatic rings. The Labute approximate surface area is 215 Å². The quantitative estimate of drug-likeness (QED) is 0.569. The molecular weight excluding hydrogens is 477 g/mol. The van der Waals surface area contributed by atoms with Gasteiger partial charge in [0.1, 0.15) is 30.5 Å². The van der Waals surface area contributed by atoms with Crippen molar-refractivity contribution in [2.45, 2.75) is 51.2 Å². The molecule has 0 spiro atoms. The van der Waals surface area contributed by atoms with Crippen LogP contribution in [0.5, 0.6) is 0 Å². The summed E-state index contributed by atoms with van der Waals surface area (Å²) in [6.45, 7) is 3.25. The molecular formula is C28H32FN3O5. The maximum absolute atomic E-state index is 14.2. The van der Waals surface area contributed by atoms with Crippen LogP contribution in [0.3, 0.4) is 0 Å². The lowest BCUT2D eigenvalue weighted by Gasteiger charge is -2.45. The number of hydrogen-bond acceptors (Lipinski definition) is 4. The van der Waals surface area contributed by atoms with Gasteiger partial charge in [0, 0.05) is 7.05 Å². The van der Waals surface area contributed by atoms with Crippen LogP contribution in [0.1, 0.15) is 43.0 Å². The van der Waals surface area contributed by atoms with Gasteiger partial charge in [-0.2, -0.15) is 0 Å². The smallest absolute Gasteiger partial charge is 0.323 e. The van der Waals surface area contributed by atoms with Crippen molar-refractivity contribution in [1.82, 2.24) is 15.1 Å². The summed E-state index contributed by atoms with van der Waals surface area (Å²) < 4.78 is 13.8. The van der Waals surface area contributed by atoms with Crippen molar-refractivity contribution < 1.29 is 28.7 Å². The molecule has 2 aromatic rings. The Hall–Kier alpha value is -3.75. The second-order valence-corrected chi connectivity index (χ2v) is 10.4. The molecule has 37 heavy (non-hydrogen) atoms. The lowest BCUT2D eigenvalue weighted by atomic mass is 9.88. The summed E-state index contributed by atoms with van der Waals surface area (Å²) in [5.74, 6) is -3.28. The molecule has 4 rings (SSSR count). The number of hydrogen-bond donors (Lipinski definition) is 2. The number of benzene rings is 2. The van der Waals surface area contributed by atoms with Gasteiger partial charge in [-0.05, 0) is 59.9 Å². The summed E-state index contributed by atoms with van der Waals surface area (Å²) in [5.41, 5.74) is 2.56. The van der Waals surface area contributed by atoms with Crippen molar-refractivity contribution in [2.24, 2.45) is 11.8 Å². The molecule has 2 N–H and O–H groups in total. The van der Waals surface area contributed by atoms with Crippen molar-refractivity contribution in [3.05, 3.63) is 71.0 Å². The second kappa shape index (κ2) is 10.7. The first-order chi connectivity index (χ1) is 17.6. The maximum atomic E-state index is 14.2. The van der Waals surface area contributed by atoms with Crippen molar-refractivity contribution in [1.29, 1.82) is 0 Å². The molecule has 3 amide bonds. The minimum absolute atomic E-state index is 0.0269. The topological polar surface area (TPSA) is 107 Å². The first-order valence-electron chi connectivity index (χ1n) is 12.5. The molecule has 1 aliphatic carbocycles. The minimum atomic E-state index is -1.28. The predicted molar refractivity (Wildman–Crippen MR) is 134 cm³/mol. The van der Waals surface area contributed by atoms with Crippen LogP contribution in [-0.4, -0.2) is 64.3 Å². The highest BCUT2D eigenvalue weighted by Gasteiger charge is 2.49. The van der Waals surface area contributed by atoms with Crippen LogP contribution in [0.4, 0.5) is 4.39 Å². The summed E-state index contributed by atoms with van der Waals surface area (Å²) in [4.78, 5) is 55.1. The van der Waals surface area contributed by atoms with E-state index in [9.17, 15) is 28.7 Å². The number of carboxylic acids is 1. The number of carbonyl (C=O) groups excluding carboxylic acids is 3. The number of carbonyl (C=O) groups is 4. The number of nitrogens with zero attached hydrogens (tertiary/aromatic N) is 2. The molecule has 0 unspecified atom stereocenters. The number of amides is 3. The molecule has 0 aromatic heterocycles. The van der Waals surface area contributed by atoms with Crippen molar-refractivity contribution in [3.63, 3.8) is 0 Å². The Balaban J connectivity index is 1.76. The Morgan fingerprint density at radius 2 is 1.68 bits per heavy atom. The molecule has 1 heterocycles.